The lowest BCUT2D eigenvalue weighted by atomic mass is 9.99. The summed E-state index contributed by atoms with van der Waals surface area (Å²) in [6.45, 7) is 11.9. The molecule has 0 spiro atoms. The molecule has 0 bridgehead atoms. The fraction of sp³-hybridized carbons (Fsp3) is 0.933. The van der Waals surface area contributed by atoms with E-state index < -0.39 is 0 Å². The topological polar surface area (TPSA) is 67.6 Å². The van der Waals surface area contributed by atoms with Crippen molar-refractivity contribution in [3.8, 4) is 0 Å². The van der Waals surface area contributed by atoms with Crippen molar-refractivity contribution in [2.24, 2.45) is 11.7 Å². The van der Waals surface area contributed by atoms with Crippen LogP contribution < -0.4 is 11.1 Å². The van der Waals surface area contributed by atoms with Crippen LogP contribution in [0.4, 0.5) is 0 Å². The van der Waals surface area contributed by atoms with Gasteiger partial charge >= 0.3 is 0 Å². The zero-order chi connectivity index (χ0) is 15.1. The van der Waals surface area contributed by atoms with Gasteiger partial charge in [-0.25, -0.2) is 0 Å². The Morgan fingerprint density at radius 3 is 2.48 bits per heavy atom. The van der Waals surface area contributed by atoms with Crippen molar-refractivity contribution >= 4 is 18.3 Å². The minimum Gasteiger partial charge on any atom is -0.373 e. The average molecular weight is 322 g/mol. The van der Waals surface area contributed by atoms with Crippen molar-refractivity contribution in [3.63, 3.8) is 0 Å². The number of hydrogen-bond donors (Lipinski definition) is 2. The molecule has 0 saturated carbocycles. The van der Waals surface area contributed by atoms with Gasteiger partial charge in [0.25, 0.3) is 0 Å². The van der Waals surface area contributed by atoms with Gasteiger partial charge in [0.05, 0.1) is 18.2 Å². The summed E-state index contributed by atoms with van der Waals surface area (Å²) < 4.78 is 5.70. The minimum atomic E-state index is -0.386. The van der Waals surface area contributed by atoms with Gasteiger partial charge in [-0.15, -0.1) is 12.4 Å². The zero-order valence-electron chi connectivity index (χ0n) is 13.8. The molecular formula is C15H32ClN3O2. The Labute approximate surface area is 135 Å². The van der Waals surface area contributed by atoms with Crippen LogP contribution in [0.2, 0.25) is 0 Å². The Bertz CT molecular complexity index is 295. The van der Waals surface area contributed by atoms with Crippen LogP contribution in [0.5, 0.6) is 0 Å². The van der Waals surface area contributed by atoms with E-state index in [2.05, 4.69) is 31.0 Å². The molecular weight excluding hydrogens is 290 g/mol. The molecule has 1 saturated heterocycles. The number of ether oxygens (including phenoxy) is 1. The molecule has 0 aromatic rings. The maximum absolute atomic E-state index is 11.8. The van der Waals surface area contributed by atoms with Gasteiger partial charge in [-0.2, -0.15) is 0 Å². The summed E-state index contributed by atoms with van der Waals surface area (Å²) >= 11 is 0. The summed E-state index contributed by atoms with van der Waals surface area (Å²) in [5.74, 6) is 0.207. The Hall–Kier alpha value is -0.360. The lowest BCUT2D eigenvalue weighted by molar-refractivity contribution is -0.123. The van der Waals surface area contributed by atoms with Crippen molar-refractivity contribution in [1.82, 2.24) is 10.2 Å². The van der Waals surface area contributed by atoms with Gasteiger partial charge in [0.1, 0.15) is 0 Å². The third-order valence-electron chi connectivity index (χ3n) is 4.01. The molecule has 0 aliphatic carbocycles. The molecule has 0 radical (unpaired) electrons. The number of amides is 1. The lowest BCUT2D eigenvalue weighted by Crippen LogP contribution is -2.47. The first-order chi connectivity index (χ1) is 9.43. The van der Waals surface area contributed by atoms with Crippen LogP contribution in [0.1, 0.15) is 40.5 Å². The van der Waals surface area contributed by atoms with Crippen molar-refractivity contribution in [3.05, 3.63) is 0 Å². The van der Waals surface area contributed by atoms with Gasteiger partial charge in [0.15, 0.2) is 0 Å². The maximum atomic E-state index is 11.8. The summed E-state index contributed by atoms with van der Waals surface area (Å²) in [4.78, 5) is 14.2. The summed E-state index contributed by atoms with van der Waals surface area (Å²) in [7, 11) is 0. The SMILES string of the molecule is CCC(C)C(N)C(=O)NCCCN1CC(C)OC(C)C1.Cl. The second-order valence-electron chi connectivity index (χ2n) is 6.07. The summed E-state index contributed by atoms with van der Waals surface area (Å²) in [5.41, 5.74) is 5.89. The molecule has 1 aliphatic rings. The average Bonchev–Trinajstić information content (AvgIpc) is 2.40. The Morgan fingerprint density at radius 1 is 1.38 bits per heavy atom. The molecule has 4 atom stereocenters. The minimum absolute atomic E-state index is 0. The highest BCUT2D eigenvalue weighted by Gasteiger charge is 2.22. The highest BCUT2D eigenvalue weighted by Crippen LogP contribution is 2.10. The number of nitrogens with one attached hydrogen (secondary N) is 1. The smallest absolute Gasteiger partial charge is 0.237 e. The summed E-state index contributed by atoms with van der Waals surface area (Å²) in [6, 6.07) is -0.386. The van der Waals surface area contributed by atoms with Crippen LogP contribution in [0.3, 0.4) is 0 Å². The van der Waals surface area contributed by atoms with Gasteiger partial charge < -0.3 is 15.8 Å². The van der Waals surface area contributed by atoms with Crippen LogP contribution in [0, 0.1) is 5.92 Å². The predicted molar refractivity (Wildman–Crippen MR) is 88.8 cm³/mol. The van der Waals surface area contributed by atoms with Crippen molar-refractivity contribution in [1.29, 1.82) is 0 Å². The van der Waals surface area contributed by atoms with E-state index >= 15 is 0 Å². The molecule has 0 aromatic carbocycles. The van der Waals surface area contributed by atoms with Crippen LogP contribution in [0.15, 0.2) is 0 Å². The fourth-order valence-electron chi connectivity index (χ4n) is 2.61. The normalized spacial score (nSPS) is 25.8. The van der Waals surface area contributed by atoms with Gasteiger partial charge in [-0.05, 0) is 26.2 Å². The molecule has 1 fully saturated rings. The largest absolute Gasteiger partial charge is 0.373 e. The third kappa shape index (κ3) is 7.45. The molecule has 21 heavy (non-hydrogen) atoms. The molecule has 4 unspecified atom stereocenters. The first kappa shape index (κ1) is 20.6. The standard InChI is InChI=1S/C15H31N3O2.ClH/c1-5-11(2)14(16)15(19)17-7-6-8-18-9-12(3)20-13(4)10-18;/h11-14H,5-10,16H2,1-4H3,(H,17,19);1H. The van der Waals surface area contributed by atoms with Gasteiger partial charge in [-0.1, -0.05) is 20.3 Å². The molecule has 1 amide bonds. The predicted octanol–water partition coefficient (Wildman–Crippen LogP) is 1.40. The van der Waals surface area contributed by atoms with E-state index in [1.165, 1.54) is 0 Å². The highest BCUT2D eigenvalue weighted by molar-refractivity contribution is 5.85. The van der Waals surface area contributed by atoms with E-state index in [0.717, 1.165) is 32.5 Å². The molecule has 1 aliphatic heterocycles. The van der Waals surface area contributed by atoms with E-state index in [1.807, 2.05) is 6.92 Å². The van der Waals surface area contributed by atoms with E-state index in [4.69, 9.17) is 10.5 Å². The van der Waals surface area contributed by atoms with E-state index in [0.29, 0.717) is 18.8 Å². The van der Waals surface area contributed by atoms with Gasteiger partial charge in [0, 0.05) is 26.2 Å². The molecule has 0 aromatic heterocycles. The summed E-state index contributed by atoms with van der Waals surface area (Å²) in [6.07, 6.45) is 2.48. The summed E-state index contributed by atoms with van der Waals surface area (Å²) in [5, 5.41) is 2.94. The Kier molecular flexibility index (Phi) is 10.2. The van der Waals surface area contributed by atoms with E-state index in [-0.39, 0.29) is 30.3 Å². The number of hydrogen-bond acceptors (Lipinski definition) is 4. The molecule has 5 nitrogen and oxygen atoms in total. The van der Waals surface area contributed by atoms with Crippen LogP contribution in [0.25, 0.3) is 0 Å². The monoisotopic (exact) mass is 321 g/mol. The number of rotatable bonds is 7. The van der Waals surface area contributed by atoms with Crippen LogP contribution in [-0.4, -0.2) is 55.2 Å². The second kappa shape index (κ2) is 10.4. The first-order valence-electron chi connectivity index (χ1n) is 7.85. The highest BCUT2D eigenvalue weighted by atomic mass is 35.5. The number of carbonyl (C=O) groups is 1. The zero-order valence-corrected chi connectivity index (χ0v) is 14.6. The maximum Gasteiger partial charge on any atom is 0.237 e. The number of nitrogens with two attached hydrogens (primary N) is 1. The number of morpholine rings is 1. The molecule has 126 valence electrons. The van der Waals surface area contributed by atoms with Gasteiger partial charge in [-0.3, -0.25) is 9.69 Å². The molecule has 1 heterocycles. The van der Waals surface area contributed by atoms with E-state index in [9.17, 15) is 4.79 Å². The number of nitrogens with zero attached hydrogens (tertiary/aromatic N) is 1. The Morgan fingerprint density at radius 2 is 1.95 bits per heavy atom. The first-order valence-corrected chi connectivity index (χ1v) is 7.85. The van der Waals surface area contributed by atoms with Crippen molar-refractivity contribution in [2.75, 3.05) is 26.2 Å². The van der Waals surface area contributed by atoms with Crippen molar-refractivity contribution in [2.45, 2.75) is 58.8 Å². The molecule has 1 rings (SSSR count). The lowest BCUT2D eigenvalue weighted by Gasteiger charge is -2.35. The third-order valence-corrected chi connectivity index (χ3v) is 4.01. The Balaban J connectivity index is 0.00000400. The van der Waals surface area contributed by atoms with Crippen LogP contribution in [-0.2, 0) is 9.53 Å². The number of halogens is 1. The molecule has 6 heteroatoms. The van der Waals surface area contributed by atoms with Crippen molar-refractivity contribution < 1.29 is 9.53 Å². The van der Waals surface area contributed by atoms with Crippen LogP contribution >= 0.6 is 12.4 Å². The fourth-order valence-corrected chi connectivity index (χ4v) is 2.61. The number of carbonyl (C=O) groups excluding carboxylic acids is 1. The quantitative estimate of drug-likeness (QED) is 0.696. The second-order valence-corrected chi connectivity index (χ2v) is 6.07. The van der Waals surface area contributed by atoms with E-state index in [1.54, 1.807) is 0 Å². The van der Waals surface area contributed by atoms with Gasteiger partial charge in [0.2, 0.25) is 5.91 Å². The molecule has 3 N–H and O–H groups in total.